The summed E-state index contributed by atoms with van der Waals surface area (Å²) in [5.41, 5.74) is -0.321. The molecule has 7 heteroatoms. The van der Waals surface area contributed by atoms with E-state index in [9.17, 15) is 14.4 Å². The van der Waals surface area contributed by atoms with Gasteiger partial charge in [0.2, 0.25) is 0 Å². The van der Waals surface area contributed by atoms with E-state index >= 15 is 0 Å². The zero-order valence-corrected chi connectivity index (χ0v) is 14.9. The van der Waals surface area contributed by atoms with Crippen molar-refractivity contribution < 1.29 is 28.6 Å². The summed E-state index contributed by atoms with van der Waals surface area (Å²) in [6.07, 6.45) is -1.09. The Morgan fingerprint density at radius 3 is 2.32 bits per heavy atom. The van der Waals surface area contributed by atoms with E-state index < -0.39 is 35.8 Å². The fourth-order valence-electron chi connectivity index (χ4n) is 2.59. The summed E-state index contributed by atoms with van der Waals surface area (Å²) in [5.74, 6) is -1.19. The fraction of sp³-hybridized carbons (Fsp3) is 0.500. The number of carbonyl (C=O) groups is 3. The summed E-state index contributed by atoms with van der Waals surface area (Å²) in [6.45, 7) is 5.45. The van der Waals surface area contributed by atoms with Crippen LogP contribution in [-0.4, -0.2) is 54.3 Å². The Hall–Kier alpha value is -2.57. The second-order valence-electron chi connectivity index (χ2n) is 6.74. The predicted octanol–water partition coefficient (Wildman–Crippen LogP) is 2.39. The van der Waals surface area contributed by atoms with Gasteiger partial charge in [0, 0.05) is 13.0 Å². The molecule has 0 bridgehead atoms. The fourth-order valence-corrected chi connectivity index (χ4v) is 2.59. The molecule has 0 aliphatic carbocycles. The van der Waals surface area contributed by atoms with Crippen LogP contribution in [0.4, 0.5) is 4.79 Å². The highest BCUT2D eigenvalue weighted by Crippen LogP contribution is 2.25. The van der Waals surface area contributed by atoms with Crippen LogP contribution in [0.5, 0.6) is 0 Å². The quantitative estimate of drug-likeness (QED) is 0.616. The number of esters is 2. The maximum absolute atomic E-state index is 12.3. The Bertz CT molecular complexity index is 637. The third kappa shape index (κ3) is 4.71. The van der Waals surface area contributed by atoms with Gasteiger partial charge in [-0.3, -0.25) is 4.90 Å². The van der Waals surface area contributed by atoms with Gasteiger partial charge in [-0.05, 0) is 32.9 Å². The molecule has 0 aromatic heterocycles. The van der Waals surface area contributed by atoms with E-state index in [2.05, 4.69) is 0 Å². The van der Waals surface area contributed by atoms with Crippen LogP contribution >= 0.6 is 0 Å². The van der Waals surface area contributed by atoms with Gasteiger partial charge in [-0.1, -0.05) is 18.2 Å². The van der Waals surface area contributed by atoms with E-state index in [1.54, 1.807) is 51.1 Å². The molecule has 1 heterocycles. The molecule has 1 amide bonds. The Morgan fingerprint density at radius 2 is 1.76 bits per heavy atom. The van der Waals surface area contributed by atoms with Crippen molar-refractivity contribution in [2.75, 3.05) is 13.7 Å². The Balaban J connectivity index is 2.14. The van der Waals surface area contributed by atoms with Crippen LogP contribution in [-0.2, 0) is 19.0 Å². The largest absolute Gasteiger partial charge is 0.467 e. The van der Waals surface area contributed by atoms with Crippen LogP contribution in [0.25, 0.3) is 0 Å². The van der Waals surface area contributed by atoms with Gasteiger partial charge in [-0.2, -0.15) is 0 Å². The molecule has 1 aromatic rings. The van der Waals surface area contributed by atoms with E-state index in [-0.39, 0.29) is 6.54 Å². The zero-order chi connectivity index (χ0) is 18.6. The minimum Gasteiger partial charge on any atom is -0.467 e. The number of amides is 1. The van der Waals surface area contributed by atoms with Crippen LogP contribution in [0.3, 0.4) is 0 Å². The summed E-state index contributed by atoms with van der Waals surface area (Å²) in [6, 6.07) is 7.44. The lowest BCUT2D eigenvalue weighted by Gasteiger charge is -2.28. The summed E-state index contributed by atoms with van der Waals surface area (Å²) in [5, 5.41) is 0. The zero-order valence-electron chi connectivity index (χ0n) is 14.9. The number of rotatable bonds is 3. The van der Waals surface area contributed by atoms with Crippen molar-refractivity contribution in [3.8, 4) is 0 Å². The molecule has 2 rings (SSSR count). The molecule has 1 aliphatic heterocycles. The van der Waals surface area contributed by atoms with Crippen LogP contribution < -0.4 is 0 Å². The molecule has 0 radical (unpaired) electrons. The summed E-state index contributed by atoms with van der Waals surface area (Å²) >= 11 is 0. The molecular formula is C18H23NO6. The molecule has 0 saturated carbocycles. The van der Waals surface area contributed by atoms with Crippen molar-refractivity contribution in [1.82, 2.24) is 4.90 Å². The Labute approximate surface area is 146 Å². The molecule has 0 spiro atoms. The van der Waals surface area contributed by atoms with Crippen LogP contribution in [0, 0.1) is 0 Å². The monoisotopic (exact) mass is 349 g/mol. The highest BCUT2D eigenvalue weighted by molar-refractivity contribution is 5.90. The molecule has 1 fully saturated rings. The minimum absolute atomic E-state index is 0.238. The molecule has 25 heavy (non-hydrogen) atoms. The van der Waals surface area contributed by atoms with Gasteiger partial charge in [0.25, 0.3) is 0 Å². The summed E-state index contributed by atoms with van der Waals surface area (Å²) in [7, 11) is 1.23. The molecule has 2 atom stereocenters. The summed E-state index contributed by atoms with van der Waals surface area (Å²) in [4.78, 5) is 38.0. The van der Waals surface area contributed by atoms with E-state index in [0.717, 1.165) is 0 Å². The number of nitrogens with zero attached hydrogens (tertiary/aromatic N) is 1. The lowest BCUT2D eigenvalue weighted by atomic mass is 10.1. The lowest BCUT2D eigenvalue weighted by Crippen LogP contribution is -2.48. The van der Waals surface area contributed by atoms with Crippen molar-refractivity contribution in [2.24, 2.45) is 0 Å². The standard InChI is InChI=1S/C18H23NO6/c1-18(2,3)25-17(22)19-11-10-13(14(19)16(21)23-4)24-15(20)12-8-6-5-7-9-12/h5-9,13-14H,10-11H2,1-4H3. The van der Waals surface area contributed by atoms with Gasteiger partial charge >= 0.3 is 18.0 Å². The second-order valence-corrected chi connectivity index (χ2v) is 6.74. The molecule has 0 N–H and O–H groups in total. The number of likely N-dealkylation sites (tertiary alicyclic amines) is 1. The number of methoxy groups -OCH3 is 1. The number of benzene rings is 1. The molecular weight excluding hydrogens is 326 g/mol. The molecule has 7 nitrogen and oxygen atoms in total. The van der Waals surface area contributed by atoms with Gasteiger partial charge < -0.3 is 14.2 Å². The minimum atomic E-state index is -1.02. The first-order chi connectivity index (χ1) is 11.7. The highest BCUT2D eigenvalue weighted by atomic mass is 16.6. The molecule has 1 aromatic carbocycles. The van der Waals surface area contributed by atoms with E-state index in [1.807, 2.05) is 0 Å². The molecule has 2 unspecified atom stereocenters. The number of hydrogen-bond donors (Lipinski definition) is 0. The number of hydrogen-bond acceptors (Lipinski definition) is 6. The van der Waals surface area contributed by atoms with Gasteiger partial charge in [0.15, 0.2) is 6.04 Å². The predicted molar refractivity (Wildman–Crippen MR) is 89.0 cm³/mol. The van der Waals surface area contributed by atoms with Crippen molar-refractivity contribution in [1.29, 1.82) is 0 Å². The third-order valence-corrected chi connectivity index (χ3v) is 3.68. The van der Waals surface area contributed by atoms with Gasteiger partial charge in [-0.25, -0.2) is 14.4 Å². The average molecular weight is 349 g/mol. The Morgan fingerprint density at radius 1 is 1.12 bits per heavy atom. The lowest BCUT2D eigenvalue weighted by molar-refractivity contribution is -0.148. The molecule has 1 saturated heterocycles. The van der Waals surface area contributed by atoms with Crippen molar-refractivity contribution in [3.63, 3.8) is 0 Å². The first kappa shape index (κ1) is 18.8. The van der Waals surface area contributed by atoms with Gasteiger partial charge in [0.05, 0.1) is 12.7 Å². The van der Waals surface area contributed by atoms with Crippen LogP contribution in [0.15, 0.2) is 30.3 Å². The van der Waals surface area contributed by atoms with Gasteiger partial charge in [0.1, 0.15) is 11.7 Å². The van der Waals surface area contributed by atoms with Crippen LogP contribution in [0.1, 0.15) is 37.6 Å². The van der Waals surface area contributed by atoms with E-state index in [0.29, 0.717) is 12.0 Å². The number of carbonyl (C=O) groups excluding carboxylic acids is 3. The van der Waals surface area contributed by atoms with Crippen molar-refractivity contribution in [3.05, 3.63) is 35.9 Å². The van der Waals surface area contributed by atoms with E-state index in [4.69, 9.17) is 14.2 Å². The van der Waals surface area contributed by atoms with Gasteiger partial charge in [-0.15, -0.1) is 0 Å². The normalized spacial score (nSPS) is 20.1. The average Bonchev–Trinajstić information content (AvgIpc) is 2.97. The first-order valence-electron chi connectivity index (χ1n) is 8.06. The summed E-state index contributed by atoms with van der Waals surface area (Å²) < 4.78 is 15.6. The van der Waals surface area contributed by atoms with Crippen molar-refractivity contribution in [2.45, 2.75) is 44.9 Å². The highest BCUT2D eigenvalue weighted by Gasteiger charge is 2.46. The number of ether oxygens (including phenoxy) is 3. The van der Waals surface area contributed by atoms with E-state index in [1.165, 1.54) is 12.0 Å². The molecule has 1 aliphatic rings. The smallest absolute Gasteiger partial charge is 0.411 e. The third-order valence-electron chi connectivity index (χ3n) is 3.68. The Kier molecular flexibility index (Phi) is 5.66. The topological polar surface area (TPSA) is 82.1 Å². The second kappa shape index (κ2) is 7.55. The maximum Gasteiger partial charge on any atom is 0.411 e. The maximum atomic E-state index is 12.3. The van der Waals surface area contributed by atoms with Crippen LogP contribution in [0.2, 0.25) is 0 Å². The SMILES string of the molecule is COC(=O)C1C(OC(=O)c2ccccc2)CCN1C(=O)OC(C)(C)C. The first-order valence-corrected chi connectivity index (χ1v) is 8.06. The molecule has 136 valence electrons. The van der Waals surface area contributed by atoms with Crippen molar-refractivity contribution >= 4 is 18.0 Å².